The molecule has 0 atom stereocenters. The van der Waals surface area contributed by atoms with Crippen molar-refractivity contribution in [2.45, 2.75) is 5.16 Å². The number of aromatic nitrogens is 4. The number of rotatable bonds is 3. The molecule has 0 saturated carbocycles. The standard InChI is InChI=1S/C13H8ClN5OS/c14-8-2-1-3-9(6-8)19-11-10(7-16-19)12(20)18-13(17-11)21-5-4-15/h1-3,6-7H,5H2,(H,17,18,20). The molecule has 0 amide bonds. The van der Waals surface area contributed by atoms with Gasteiger partial charge in [-0.15, -0.1) is 0 Å². The van der Waals surface area contributed by atoms with E-state index in [4.69, 9.17) is 16.9 Å². The molecule has 0 aliphatic rings. The van der Waals surface area contributed by atoms with E-state index in [1.807, 2.05) is 12.1 Å². The van der Waals surface area contributed by atoms with Crippen LogP contribution in [0.5, 0.6) is 0 Å². The Balaban J connectivity index is 2.18. The molecule has 0 aliphatic carbocycles. The summed E-state index contributed by atoms with van der Waals surface area (Å²) < 4.78 is 1.55. The molecule has 0 unspecified atom stereocenters. The molecule has 3 aromatic rings. The van der Waals surface area contributed by atoms with Crippen molar-refractivity contribution >= 4 is 34.4 Å². The Morgan fingerprint density at radius 2 is 2.33 bits per heavy atom. The lowest BCUT2D eigenvalue weighted by molar-refractivity contribution is 0.873. The van der Waals surface area contributed by atoms with E-state index in [0.717, 1.165) is 11.8 Å². The van der Waals surface area contributed by atoms with E-state index in [0.29, 0.717) is 26.9 Å². The quantitative estimate of drug-likeness (QED) is 0.592. The van der Waals surface area contributed by atoms with Crippen LogP contribution in [0.15, 0.2) is 40.4 Å². The van der Waals surface area contributed by atoms with Gasteiger partial charge in [-0.1, -0.05) is 29.4 Å². The van der Waals surface area contributed by atoms with Gasteiger partial charge in [-0.2, -0.15) is 10.4 Å². The van der Waals surface area contributed by atoms with Gasteiger partial charge in [0.15, 0.2) is 10.8 Å². The van der Waals surface area contributed by atoms with Gasteiger partial charge >= 0.3 is 0 Å². The lowest BCUT2D eigenvalue weighted by atomic mass is 10.3. The van der Waals surface area contributed by atoms with E-state index in [2.05, 4.69) is 15.1 Å². The van der Waals surface area contributed by atoms with Crippen LogP contribution in [-0.4, -0.2) is 25.5 Å². The van der Waals surface area contributed by atoms with E-state index in [1.165, 1.54) is 6.20 Å². The molecule has 104 valence electrons. The number of hydrogen-bond donors (Lipinski definition) is 1. The summed E-state index contributed by atoms with van der Waals surface area (Å²) in [5.41, 5.74) is 0.863. The second-order valence-electron chi connectivity index (χ2n) is 4.09. The predicted molar refractivity (Wildman–Crippen MR) is 80.8 cm³/mol. The Labute approximate surface area is 128 Å². The van der Waals surface area contributed by atoms with Gasteiger partial charge in [-0.3, -0.25) is 4.79 Å². The molecule has 0 spiro atoms. The van der Waals surface area contributed by atoms with Gasteiger partial charge in [-0.25, -0.2) is 9.67 Å². The smallest absolute Gasteiger partial charge is 0.262 e. The number of nitrogens with zero attached hydrogens (tertiary/aromatic N) is 4. The SMILES string of the molecule is N#CCSc1nc2c(cnn2-c2cccc(Cl)c2)c(=O)[nH]1. The third-order valence-electron chi connectivity index (χ3n) is 2.74. The molecule has 1 N–H and O–H groups in total. The normalized spacial score (nSPS) is 10.7. The van der Waals surface area contributed by atoms with Gasteiger partial charge in [0.05, 0.1) is 23.7 Å². The van der Waals surface area contributed by atoms with Crippen LogP contribution < -0.4 is 5.56 Å². The fraction of sp³-hybridized carbons (Fsp3) is 0.0769. The van der Waals surface area contributed by atoms with E-state index < -0.39 is 0 Å². The number of aromatic amines is 1. The zero-order valence-electron chi connectivity index (χ0n) is 10.6. The molecule has 2 aromatic heterocycles. The molecule has 0 radical (unpaired) electrons. The van der Waals surface area contributed by atoms with E-state index in [9.17, 15) is 4.79 Å². The van der Waals surface area contributed by atoms with Crippen LogP contribution in [0.25, 0.3) is 16.7 Å². The number of H-pyrrole nitrogens is 1. The highest BCUT2D eigenvalue weighted by Gasteiger charge is 2.11. The van der Waals surface area contributed by atoms with E-state index >= 15 is 0 Å². The maximum Gasteiger partial charge on any atom is 0.262 e. The van der Waals surface area contributed by atoms with Crippen LogP contribution in [0.1, 0.15) is 0 Å². The Morgan fingerprint density at radius 1 is 1.48 bits per heavy atom. The van der Waals surface area contributed by atoms with Crippen LogP contribution in [0.3, 0.4) is 0 Å². The average molecular weight is 318 g/mol. The zero-order valence-corrected chi connectivity index (χ0v) is 12.1. The third kappa shape index (κ3) is 2.63. The second-order valence-corrected chi connectivity index (χ2v) is 5.49. The van der Waals surface area contributed by atoms with Gasteiger partial charge in [-0.05, 0) is 18.2 Å². The van der Waals surface area contributed by atoms with Crippen molar-refractivity contribution in [2.24, 2.45) is 0 Å². The van der Waals surface area contributed by atoms with Crippen LogP contribution in [0, 0.1) is 11.3 Å². The topological polar surface area (TPSA) is 87.4 Å². The number of fused-ring (bicyclic) bond motifs is 1. The molecule has 0 saturated heterocycles. The summed E-state index contributed by atoms with van der Waals surface area (Å²) in [5.74, 6) is 0.208. The number of hydrogen-bond acceptors (Lipinski definition) is 5. The Kier molecular flexibility index (Phi) is 3.64. The van der Waals surface area contributed by atoms with Crippen molar-refractivity contribution in [2.75, 3.05) is 5.75 Å². The van der Waals surface area contributed by atoms with Crippen molar-refractivity contribution in [1.82, 2.24) is 19.7 Å². The second kappa shape index (κ2) is 5.60. The molecule has 0 fully saturated rings. The summed E-state index contributed by atoms with van der Waals surface area (Å²) >= 11 is 7.14. The number of nitriles is 1. The summed E-state index contributed by atoms with van der Waals surface area (Å²) in [6.45, 7) is 0. The van der Waals surface area contributed by atoms with Gasteiger partial charge in [0.1, 0.15) is 5.39 Å². The molecule has 8 heteroatoms. The summed E-state index contributed by atoms with van der Waals surface area (Å²) in [5, 5.41) is 14.1. The molecule has 0 aliphatic heterocycles. The van der Waals surface area contributed by atoms with E-state index in [1.54, 1.807) is 22.9 Å². The van der Waals surface area contributed by atoms with Crippen LogP contribution in [0.4, 0.5) is 0 Å². The Hall–Kier alpha value is -2.30. The minimum Gasteiger partial charge on any atom is -0.301 e. The van der Waals surface area contributed by atoms with Crippen molar-refractivity contribution < 1.29 is 0 Å². The molecular formula is C13H8ClN5OS. The lowest BCUT2D eigenvalue weighted by Gasteiger charge is -2.04. The van der Waals surface area contributed by atoms with Gasteiger partial charge < -0.3 is 4.98 Å². The molecular weight excluding hydrogens is 310 g/mol. The molecule has 1 aromatic carbocycles. The molecule has 0 bridgehead atoms. The highest BCUT2D eigenvalue weighted by atomic mass is 35.5. The lowest BCUT2D eigenvalue weighted by Crippen LogP contribution is -2.09. The van der Waals surface area contributed by atoms with Gasteiger partial charge in [0.2, 0.25) is 0 Å². The van der Waals surface area contributed by atoms with Crippen molar-refractivity contribution in [3.05, 3.63) is 45.8 Å². The molecule has 3 rings (SSSR count). The summed E-state index contributed by atoms with van der Waals surface area (Å²) in [4.78, 5) is 19.0. The largest absolute Gasteiger partial charge is 0.301 e. The minimum atomic E-state index is -0.284. The predicted octanol–water partition coefficient (Wildman–Crippen LogP) is 2.38. The zero-order chi connectivity index (χ0) is 14.8. The number of benzene rings is 1. The Morgan fingerprint density at radius 3 is 3.10 bits per heavy atom. The first-order valence-corrected chi connectivity index (χ1v) is 7.29. The number of thioether (sulfide) groups is 1. The maximum absolute atomic E-state index is 12.0. The average Bonchev–Trinajstić information content (AvgIpc) is 2.89. The summed E-state index contributed by atoms with van der Waals surface area (Å²) in [6.07, 6.45) is 1.46. The van der Waals surface area contributed by atoms with Crippen molar-refractivity contribution in [3.8, 4) is 11.8 Å². The Bertz CT molecular complexity index is 911. The summed E-state index contributed by atoms with van der Waals surface area (Å²) in [6, 6.07) is 9.10. The minimum absolute atomic E-state index is 0.208. The van der Waals surface area contributed by atoms with Gasteiger partial charge in [0, 0.05) is 5.02 Å². The van der Waals surface area contributed by atoms with Crippen LogP contribution in [0.2, 0.25) is 5.02 Å². The maximum atomic E-state index is 12.0. The van der Waals surface area contributed by atoms with Crippen LogP contribution >= 0.6 is 23.4 Å². The van der Waals surface area contributed by atoms with E-state index in [-0.39, 0.29) is 11.3 Å². The van der Waals surface area contributed by atoms with Gasteiger partial charge in [0.25, 0.3) is 5.56 Å². The highest BCUT2D eigenvalue weighted by molar-refractivity contribution is 7.99. The summed E-state index contributed by atoms with van der Waals surface area (Å²) in [7, 11) is 0. The first-order chi connectivity index (χ1) is 10.2. The molecule has 2 heterocycles. The third-order valence-corrected chi connectivity index (χ3v) is 3.72. The number of halogens is 1. The monoisotopic (exact) mass is 317 g/mol. The first kappa shape index (κ1) is 13.7. The molecule has 6 nitrogen and oxygen atoms in total. The first-order valence-electron chi connectivity index (χ1n) is 5.93. The van der Waals surface area contributed by atoms with Crippen molar-refractivity contribution in [1.29, 1.82) is 5.26 Å². The van der Waals surface area contributed by atoms with Crippen molar-refractivity contribution in [3.63, 3.8) is 0 Å². The highest BCUT2D eigenvalue weighted by Crippen LogP contribution is 2.19. The fourth-order valence-corrected chi connectivity index (χ4v) is 2.57. The van der Waals surface area contributed by atoms with Crippen LogP contribution in [-0.2, 0) is 0 Å². The number of nitrogens with one attached hydrogen (secondary N) is 1. The fourth-order valence-electron chi connectivity index (χ4n) is 1.86. The molecule has 21 heavy (non-hydrogen) atoms.